The van der Waals surface area contributed by atoms with Crippen molar-refractivity contribution in [2.24, 2.45) is 0 Å². The van der Waals surface area contributed by atoms with Crippen LogP contribution in [0.15, 0.2) is 72.1 Å². The van der Waals surface area contributed by atoms with Gasteiger partial charge in [-0.15, -0.1) is 0 Å². The number of thioether (sulfide) groups is 1. The molecule has 1 saturated heterocycles. The summed E-state index contributed by atoms with van der Waals surface area (Å²) in [5.41, 5.74) is 3.24. The van der Waals surface area contributed by atoms with Crippen LogP contribution in [-0.2, 0) is 4.79 Å². The standard InChI is InChI=1S/C24H25N5OS/c1-19-7-5-6-10-21(19)29-12-11-26-24(29)31-18-23(30)28-15-13-27(14-16-28)22(17-25)20-8-3-2-4-9-20/h2-12,22H,13-16,18H2,1H3. The maximum Gasteiger partial charge on any atom is 0.233 e. The lowest BCUT2D eigenvalue weighted by Crippen LogP contribution is -2.50. The molecule has 1 aliphatic heterocycles. The average Bonchev–Trinajstić information content (AvgIpc) is 3.28. The summed E-state index contributed by atoms with van der Waals surface area (Å²) in [6, 6.07) is 20.1. The molecule has 1 fully saturated rings. The molecule has 158 valence electrons. The molecule has 1 atom stereocenters. The van der Waals surface area contributed by atoms with Gasteiger partial charge in [-0.3, -0.25) is 14.3 Å². The van der Waals surface area contributed by atoms with E-state index in [1.165, 1.54) is 11.8 Å². The molecule has 0 saturated carbocycles. The van der Waals surface area contributed by atoms with Crippen molar-refractivity contribution in [1.29, 1.82) is 5.26 Å². The molecule has 6 nitrogen and oxygen atoms in total. The normalized spacial score (nSPS) is 15.4. The number of benzene rings is 2. The number of piperazine rings is 1. The van der Waals surface area contributed by atoms with E-state index in [0.29, 0.717) is 31.9 Å². The molecule has 7 heteroatoms. The van der Waals surface area contributed by atoms with Crippen molar-refractivity contribution < 1.29 is 4.79 Å². The minimum absolute atomic E-state index is 0.109. The highest BCUT2D eigenvalue weighted by Gasteiger charge is 2.27. The van der Waals surface area contributed by atoms with E-state index in [4.69, 9.17) is 0 Å². The number of hydrogen-bond acceptors (Lipinski definition) is 5. The van der Waals surface area contributed by atoms with Crippen molar-refractivity contribution in [3.63, 3.8) is 0 Å². The number of imidazole rings is 1. The number of hydrogen-bond donors (Lipinski definition) is 0. The van der Waals surface area contributed by atoms with E-state index in [2.05, 4.69) is 35.0 Å². The zero-order chi connectivity index (χ0) is 21.6. The van der Waals surface area contributed by atoms with Crippen LogP contribution in [0.4, 0.5) is 0 Å². The number of rotatable bonds is 6. The van der Waals surface area contributed by atoms with Crippen LogP contribution in [0.3, 0.4) is 0 Å². The first kappa shape index (κ1) is 21.2. The van der Waals surface area contributed by atoms with E-state index in [1.54, 1.807) is 6.20 Å². The van der Waals surface area contributed by atoms with Crippen LogP contribution in [-0.4, -0.2) is 57.2 Å². The van der Waals surface area contributed by atoms with Gasteiger partial charge in [0, 0.05) is 38.6 Å². The first-order valence-corrected chi connectivity index (χ1v) is 11.3. The molecule has 2 heterocycles. The Balaban J connectivity index is 1.33. The number of nitriles is 1. The van der Waals surface area contributed by atoms with Crippen molar-refractivity contribution in [3.05, 3.63) is 78.1 Å². The molecule has 2 aromatic carbocycles. The summed E-state index contributed by atoms with van der Waals surface area (Å²) in [5.74, 6) is 0.459. The van der Waals surface area contributed by atoms with E-state index >= 15 is 0 Å². The Kier molecular flexibility index (Phi) is 6.70. The van der Waals surface area contributed by atoms with Gasteiger partial charge in [0.05, 0.1) is 17.5 Å². The number of aromatic nitrogens is 2. The van der Waals surface area contributed by atoms with Crippen molar-refractivity contribution in [2.75, 3.05) is 31.9 Å². The maximum absolute atomic E-state index is 12.8. The van der Waals surface area contributed by atoms with Crippen LogP contribution in [0.25, 0.3) is 5.69 Å². The lowest BCUT2D eigenvalue weighted by molar-refractivity contribution is -0.130. The van der Waals surface area contributed by atoms with Crippen molar-refractivity contribution >= 4 is 17.7 Å². The summed E-state index contributed by atoms with van der Waals surface area (Å²) in [4.78, 5) is 21.3. The lowest BCUT2D eigenvalue weighted by Gasteiger charge is -2.37. The number of carbonyl (C=O) groups excluding carboxylic acids is 1. The zero-order valence-corrected chi connectivity index (χ0v) is 18.3. The van der Waals surface area contributed by atoms with Crippen LogP contribution in [0, 0.1) is 18.3 Å². The number of para-hydroxylation sites is 1. The average molecular weight is 432 g/mol. The van der Waals surface area contributed by atoms with Crippen molar-refractivity contribution in [1.82, 2.24) is 19.4 Å². The van der Waals surface area contributed by atoms with Gasteiger partial charge >= 0.3 is 0 Å². The van der Waals surface area contributed by atoms with Crippen LogP contribution in [0.1, 0.15) is 17.2 Å². The third-order valence-electron chi connectivity index (χ3n) is 5.58. The fraction of sp³-hybridized carbons (Fsp3) is 0.292. The summed E-state index contributed by atoms with van der Waals surface area (Å²) < 4.78 is 2.03. The quantitative estimate of drug-likeness (QED) is 0.557. The van der Waals surface area contributed by atoms with Crippen LogP contribution in [0.5, 0.6) is 0 Å². The molecule has 1 amide bonds. The topological polar surface area (TPSA) is 65.2 Å². The molecule has 1 unspecified atom stereocenters. The molecule has 0 bridgehead atoms. The van der Waals surface area contributed by atoms with Crippen LogP contribution >= 0.6 is 11.8 Å². The lowest BCUT2D eigenvalue weighted by atomic mass is 10.1. The van der Waals surface area contributed by atoms with E-state index < -0.39 is 0 Å². The Labute approximate surface area is 187 Å². The Hall–Kier alpha value is -3.08. The predicted octanol–water partition coefficient (Wildman–Crippen LogP) is 3.68. The van der Waals surface area contributed by atoms with Gasteiger partial charge < -0.3 is 4.90 Å². The summed E-state index contributed by atoms with van der Waals surface area (Å²) in [5, 5.41) is 10.5. The number of aryl methyl sites for hydroxylation is 1. The summed E-state index contributed by atoms with van der Waals surface area (Å²) in [7, 11) is 0. The van der Waals surface area contributed by atoms with E-state index in [9.17, 15) is 10.1 Å². The van der Waals surface area contributed by atoms with Gasteiger partial charge in [-0.05, 0) is 24.1 Å². The van der Waals surface area contributed by atoms with Gasteiger partial charge in [-0.1, -0.05) is 60.3 Å². The number of amides is 1. The summed E-state index contributed by atoms with van der Waals surface area (Å²) in [6.07, 6.45) is 3.70. The second-order valence-corrected chi connectivity index (χ2v) is 8.46. The molecule has 0 spiro atoms. The smallest absolute Gasteiger partial charge is 0.233 e. The molecule has 4 rings (SSSR count). The minimum atomic E-state index is -0.269. The van der Waals surface area contributed by atoms with Gasteiger partial charge in [0.15, 0.2) is 5.16 Å². The van der Waals surface area contributed by atoms with E-state index in [-0.39, 0.29) is 11.9 Å². The Morgan fingerprint density at radius 1 is 1.10 bits per heavy atom. The third-order valence-corrected chi connectivity index (χ3v) is 6.53. The van der Waals surface area contributed by atoms with E-state index in [1.807, 2.05) is 58.1 Å². The molecule has 1 aliphatic rings. The molecule has 0 N–H and O–H groups in total. The van der Waals surface area contributed by atoms with Crippen molar-refractivity contribution in [2.45, 2.75) is 18.1 Å². The fourth-order valence-electron chi connectivity index (χ4n) is 3.86. The molecule has 0 radical (unpaired) electrons. The minimum Gasteiger partial charge on any atom is -0.339 e. The van der Waals surface area contributed by atoms with Gasteiger partial charge in [0.1, 0.15) is 6.04 Å². The first-order valence-electron chi connectivity index (χ1n) is 10.4. The number of carbonyl (C=O) groups is 1. The monoisotopic (exact) mass is 431 g/mol. The summed E-state index contributed by atoms with van der Waals surface area (Å²) in [6.45, 7) is 4.73. The third kappa shape index (κ3) is 4.82. The van der Waals surface area contributed by atoms with Crippen LogP contribution < -0.4 is 0 Å². The molecule has 31 heavy (non-hydrogen) atoms. The Morgan fingerprint density at radius 2 is 1.81 bits per heavy atom. The SMILES string of the molecule is Cc1ccccc1-n1ccnc1SCC(=O)N1CCN(C(C#N)c2ccccc2)CC1. The van der Waals surface area contributed by atoms with E-state index in [0.717, 1.165) is 22.0 Å². The second-order valence-electron chi connectivity index (χ2n) is 7.51. The van der Waals surface area contributed by atoms with Crippen molar-refractivity contribution in [3.8, 4) is 11.8 Å². The molecule has 3 aromatic rings. The summed E-state index contributed by atoms with van der Waals surface area (Å²) >= 11 is 1.46. The predicted molar refractivity (Wildman–Crippen MR) is 122 cm³/mol. The second kappa shape index (κ2) is 9.82. The molecular weight excluding hydrogens is 406 g/mol. The number of nitrogens with zero attached hydrogens (tertiary/aromatic N) is 5. The van der Waals surface area contributed by atoms with Gasteiger partial charge in [0.25, 0.3) is 0 Å². The highest BCUT2D eigenvalue weighted by atomic mass is 32.2. The van der Waals surface area contributed by atoms with Gasteiger partial charge in [-0.25, -0.2) is 4.98 Å². The first-order chi connectivity index (χ1) is 15.2. The molecule has 0 aliphatic carbocycles. The molecular formula is C24H25N5OS. The maximum atomic E-state index is 12.8. The molecule has 1 aromatic heterocycles. The Morgan fingerprint density at radius 3 is 2.52 bits per heavy atom. The van der Waals surface area contributed by atoms with Gasteiger partial charge in [0.2, 0.25) is 5.91 Å². The highest BCUT2D eigenvalue weighted by Crippen LogP contribution is 2.24. The fourth-order valence-corrected chi connectivity index (χ4v) is 4.73. The van der Waals surface area contributed by atoms with Crippen LogP contribution in [0.2, 0.25) is 0 Å². The Bertz CT molecular complexity index is 1070. The highest BCUT2D eigenvalue weighted by molar-refractivity contribution is 7.99. The van der Waals surface area contributed by atoms with Gasteiger partial charge in [-0.2, -0.15) is 5.26 Å². The largest absolute Gasteiger partial charge is 0.339 e. The zero-order valence-electron chi connectivity index (χ0n) is 17.5.